The monoisotopic (exact) mass is 209 g/mol. The molecule has 5 heteroatoms. The molecule has 0 spiro atoms. The summed E-state index contributed by atoms with van der Waals surface area (Å²) in [4.78, 5) is 15.5. The summed E-state index contributed by atoms with van der Waals surface area (Å²) < 4.78 is 12.8. The highest BCUT2D eigenvalue weighted by Gasteiger charge is 2.29. The van der Waals surface area contributed by atoms with Crippen LogP contribution in [-0.4, -0.2) is 29.6 Å². The Kier molecular flexibility index (Phi) is 2.91. The van der Waals surface area contributed by atoms with Gasteiger partial charge in [0.2, 0.25) is 5.91 Å². The highest BCUT2D eigenvalue weighted by molar-refractivity contribution is 5.94. The van der Waals surface area contributed by atoms with E-state index in [4.69, 9.17) is 0 Å². The van der Waals surface area contributed by atoms with Gasteiger partial charge in [-0.25, -0.2) is 9.37 Å². The SMILES string of the molecule is O=C(Nc1ccccn1)[C@H]1C[C@H](F)CN1. The van der Waals surface area contributed by atoms with Crippen molar-refractivity contribution in [3.05, 3.63) is 24.4 Å². The fourth-order valence-electron chi connectivity index (χ4n) is 1.54. The van der Waals surface area contributed by atoms with Crippen molar-refractivity contribution in [1.29, 1.82) is 0 Å². The first kappa shape index (κ1) is 10.0. The summed E-state index contributed by atoms with van der Waals surface area (Å²) in [7, 11) is 0. The first-order valence-corrected chi connectivity index (χ1v) is 4.85. The van der Waals surface area contributed by atoms with Crippen LogP contribution in [0, 0.1) is 0 Å². The van der Waals surface area contributed by atoms with E-state index in [1.54, 1.807) is 24.4 Å². The number of hydrogen-bond donors (Lipinski definition) is 2. The fourth-order valence-corrected chi connectivity index (χ4v) is 1.54. The van der Waals surface area contributed by atoms with Gasteiger partial charge in [0.25, 0.3) is 0 Å². The minimum atomic E-state index is -0.926. The summed E-state index contributed by atoms with van der Waals surface area (Å²) >= 11 is 0. The Morgan fingerprint density at radius 2 is 2.47 bits per heavy atom. The zero-order chi connectivity index (χ0) is 10.7. The molecule has 1 aliphatic heterocycles. The molecule has 0 bridgehead atoms. The Morgan fingerprint density at radius 3 is 3.07 bits per heavy atom. The van der Waals surface area contributed by atoms with Crippen molar-refractivity contribution in [3.63, 3.8) is 0 Å². The number of pyridine rings is 1. The molecule has 1 amide bonds. The second-order valence-electron chi connectivity index (χ2n) is 3.50. The zero-order valence-corrected chi connectivity index (χ0v) is 8.11. The lowest BCUT2D eigenvalue weighted by Crippen LogP contribution is -2.35. The predicted molar refractivity (Wildman–Crippen MR) is 54.2 cm³/mol. The van der Waals surface area contributed by atoms with Crippen LogP contribution in [0.4, 0.5) is 10.2 Å². The van der Waals surface area contributed by atoms with E-state index in [1.165, 1.54) is 0 Å². The number of aromatic nitrogens is 1. The van der Waals surface area contributed by atoms with E-state index in [1.807, 2.05) is 0 Å². The largest absolute Gasteiger partial charge is 0.309 e. The number of rotatable bonds is 2. The summed E-state index contributed by atoms with van der Waals surface area (Å²) in [6.45, 7) is 0.250. The quantitative estimate of drug-likeness (QED) is 0.754. The van der Waals surface area contributed by atoms with Gasteiger partial charge in [-0.2, -0.15) is 0 Å². The van der Waals surface area contributed by atoms with Gasteiger partial charge in [-0.15, -0.1) is 0 Å². The molecule has 0 radical (unpaired) electrons. The number of anilines is 1. The molecule has 0 aliphatic carbocycles. The van der Waals surface area contributed by atoms with Gasteiger partial charge in [0.1, 0.15) is 12.0 Å². The van der Waals surface area contributed by atoms with Crippen molar-refractivity contribution >= 4 is 11.7 Å². The molecule has 1 aromatic heterocycles. The van der Waals surface area contributed by atoms with Crippen LogP contribution in [0.5, 0.6) is 0 Å². The molecule has 1 aromatic rings. The molecular formula is C10H12FN3O. The zero-order valence-electron chi connectivity index (χ0n) is 8.11. The van der Waals surface area contributed by atoms with Crippen LogP contribution in [0.3, 0.4) is 0 Å². The van der Waals surface area contributed by atoms with Crippen LogP contribution in [0.15, 0.2) is 24.4 Å². The Bertz CT molecular complexity index is 344. The van der Waals surface area contributed by atoms with E-state index in [0.29, 0.717) is 5.82 Å². The van der Waals surface area contributed by atoms with Gasteiger partial charge in [0.15, 0.2) is 0 Å². The van der Waals surface area contributed by atoms with Crippen molar-refractivity contribution in [2.45, 2.75) is 18.6 Å². The molecule has 4 nitrogen and oxygen atoms in total. The molecule has 1 fully saturated rings. The van der Waals surface area contributed by atoms with E-state index < -0.39 is 12.2 Å². The molecule has 1 aliphatic rings. The normalized spacial score (nSPS) is 25.1. The Balaban J connectivity index is 1.93. The lowest BCUT2D eigenvalue weighted by atomic mass is 10.2. The lowest BCUT2D eigenvalue weighted by Gasteiger charge is -2.09. The summed E-state index contributed by atoms with van der Waals surface area (Å²) in [5.74, 6) is 0.264. The van der Waals surface area contributed by atoms with Crippen molar-refractivity contribution < 1.29 is 9.18 Å². The maximum absolute atomic E-state index is 12.8. The van der Waals surface area contributed by atoms with Gasteiger partial charge in [-0.3, -0.25) is 4.79 Å². The molecule has 80 valence electrons. The first-order chi connectivity index (χ1) is 7.25. The number of nitrogens with zero attached hydrogens (tertiary/aromatic N) is 1. The number of amides is 1. The second kappa shape index (κ2) is 4.35. The second-order valence-corrected chi connectivity index (χ2v) is 3.50. The van der Waals surface area contributed by atoms with E-state index >= 15 is 0 Å². The average Bonchev–Trinajstić information content (AvgIpc) is 2.66. The summed E-state index contributed by atoms with van der Waals surface area (Å²) in [5, 5.41) is 5.44. The minimum absolute atomic E-state index is 0.228. The van der Waals surface area contributed by atoms with Gasteiger partial charge in [-0.1, -0.05) is 6.07 Å². The van der Waals surface area contributed by atoms with Crippen LogP contribution in [-0.2, 0) is 4.79 Å². The third-order valence-electron chi connectivity index (χ3n) is 2.31. The lowest BCUT2D eigenvalue weighted by molar-refractivity contribution is -0.117. The molecule has 2 heterocycles. The molecule has 0 unspecified atom stereocenters. The Morgan fingerprint density at radius 1 is 1.60 bits per heavy atom. The van der Waals surface area contributed by atoms with Crippen molar-refractivity contribution in [2.24, 2.45) is 0 Å². The maximum atomic E-state index is 12.8. The van der Waals surface area contributed by atoms with Gasteiger partial charge in [0, 0.05) is 19.2 Å². The smallest absolute Gasteiger partial charge is 0.242 e. The molecule has 0 saturated carbocycles. The van der Waals surface area contributed by atoms with Crippen molar-refractivity contribution in [2.75, 3.05) is 11.9 Å². The maximum Gasteiger partial charge on any atom is 0.242 e. The number of alkyl halides is 1. The number of halogens is 1. The number of carbonyl (C=O) groups is 1. The van der Waals surface area contributed by atoms with Gasteiger partial charge >= 0.3 is 0 Å². The molecule has 0 aromatic carbocycles. The Labute approximate surface area is 86.9 Å². The summed E-state index contributed by atoms with van der Waals surface area (Å²) in [6.07, 6.45) is 0.901. The van der Waals surface area contributed by atoms with Crippen LogP contribution < -0.4 is 10.6 Å². The number of hydrogen-bond acceptors (Lipinski definition) is 3. The van der Waals surface area contributed by atoms with Crippen LogP contribution in [0.1, 0.15) is 6.42 Å². The summed E-state index contributed by atoms with van der Waals surface area (Å²) in [6, 6.07) is 4.80. The van der Waals surface area contributed by atoms with Gasteiger partial charge in [0.05, 0.1) is 6.04 Å². The Hall–Kier alpha value is -1.49. The number of nitrogens with one attached hydrogen (secondary N) is 2. The summed E-state index contributed by atoms with van der Waals surface area (Å²) in [5.41, 5.74) is 0. The van der Waals surface area contributed by atoms with Crippen LogP contribution >= 0.6 is 0 Å². The molecule has 2 rings (SSSR count). The third kappa shape index (κ3) is 2.50. The van der Waals surface area contributed by atoms with Crippen molar-refractivity contribution in [1.82, 2.24) is 10.3 Å². The van der Waals surface area contributed by atoms with E-state index in [2.05, 4.69) is 15.6 Å². The van der Waals surface area contributed by atoms with Gasteiger partial charge < -0.3 is 10.6 Å². The van der Waals surface area contributed by atoms with E-state index in [9.17, 15) is 9.18 Å². The molecular weight excluding hydrogens is 197 g/mol. The predicted octanol–water partition coefficient (Wildman–Crippen LogP) is 0.720. The highest BCUT2D eigenvalue weighted by Crippen LogP contribution is 2.11. The molecule has 2 atom stereocenters. The molecule has 15 heavy (non-hydrogen) atoms. The third-order valence-corrected chi connectivity index (χ3v) is 2.31. The van der Waals surface area contributed by atoms with Crippen molar-refractivity contribution in [3.8, 4) is 0 Å². The van der Waals surface area contributed by atoms with E-state index in [-0.39, 0.29) is 18.9 Å². The first-order valence-electron chi connectivity index (χ1n) is 4.85. The highest BCUT2D eigenvalue weighted by atomic mass is 19.1. The number of carbonyl (C=O) groups excluding carboxylic acids is 1. The van der Waals surface area contributed by atoms with Gasteiger partial charge in [-0.05, 0) is 12.1 Å². The minimum Gasteiger partial charge on any atom is -0.309 e. The average molecular weight is 209 g/mol. The fraction of sp³-hybridized carbons (Fsp3) is 0.400. The molecule has 2 N–H and O–H groups in total. The molecule has 1 saturated heterocycles. The van der Waals surface area contributed by atoms with Crippen LogP contribution in [0.25, 0.3) is 0 Å². The van der Waals surface area contributed by atoms with Crippen LogP contribution in [0.2, 0.25) is 0 Å². The standard InChI is InChI=1S/C10H12FN3O/c11-7-5-8(13-6-7)10(15)14-9-3-1-2-4-12-9/h1-4,7-8,13H,5-6H2,(H,12,14,15)/t7-,8+/m0/s1. The topological polar surface area (TPSA) is 54.0 Å². The van der Waals surface area contributed by atoms with E-state index in [0.717, 1.165) is 0 Å².